The van der Waals surface area contributed by atoms with Gasteiger partial charge in [-0.2, -0.15) is 4.68 Å². The summed E-state index contributed by atoms with van der Waals surface area (Å²) in [7, 11) is 0. The summed E-state index contributed by atoms with van der Waals surface area (Å²) >= 11 is 0. The molecule has 1 aliphatic heterocycles. The summed E-state index contributed by atoms with van der Waals surface area (Å²) in [6.07, 6.45) is 4.02. The number of ether oxygens (including phenoxy) is 1. The fourth-order valence-corrected chi connectivity index (χ4v) is 2.40. The van der Waals surface area contributed by atoms with E-state index in [0.717, 1.165) is 16.9 Å². The maximum absolute atomic E-state index is 12.2. The fraction of sp³-hybridized carbons (Fsp3) is 0.429. The fourth-order valence-electron chi connectivity index (χ4n) is 2.40. The summed E-state index contributed by atoms with van der Waals surface area (Å²) in [5.41, 5.74) is 0. The number of hydrogen-bond acceptors (Lipinski definition) is 6. The molecule has 1 saturated heterocycles. The van der Waals surface area contributed by atoms with Crippen LogP contribution >= 0.6 is 0 Å². The third-order valence-corrected chi connectivity index (χ3v) is 3.44. The Bertz CT molecular complexity index is 709. The number of pyridine rings is 1. The molecule has 1 amide bonds. The van der Waals surface area contributed by atoms with Crippen LogP contribution in [-0.2, 0) is 11.3 Å². The highest BCUT2D eigenvalue weighted by Crippen LogP contribution is 2.17. The first-order valence-electron chi connectivity index (χ1n) is 7.01. The van der Waals surface area contributed by atoms with Crippen LogP contribution in [0.5, 0.6) is 5.75 Å². The zero-order valence-corrected chi connectivity index (χ0v) is 12.1. The van der Waals surface area contributed by atoms with E-state index in [-0.39, 0.29) is 24.4 Å². The van der Waals surface area contributed by atoms with Crippen LogP contribution in [0.25, 0.3) is 0 Å². The van der Waals surface area contributed by atoms with Gasteiger partial charge < -0.3 is 14.1 Å². The summed E-state index contributed by atoms with van der Waals surface area (Å²) in [4.78, 5) is 29.2. The first-order valence-corrected chi connectivity index (χ1v) is 7.01. The van der Waals surface area contributed by atoms with Gasteiger partial charge in [0.15, 0.2) is 0 Å². The second-order valence-electron chi connectivity index (χ2n) is 5.10. The van der Waals surface area contributed by atoms with Gasteiger partial charge in [-0.15, -0.1) is 5.10 Å². The molecule has 22 heavy (non-hydrogen) atoms. The largest absolute Gasteiger partial charge is 0.488 e. The standard InChI is InChI=1S/C14H16N4O4/c1-10-16-18(14(20)21-10)9-13(19)17-7-4-12(8-17)22-11-2-5-15-6-3-11/h2-3,5-6,12H,4,7-9H2,1H3/t12-/m1/s1. The van der Waals surface area contributed by atoms with Gasteiger partial charge in [0.1, 0.15) is 18.4 Å². The Hall–Kier alpha value is -2.64. The van der Waals surface area contributed by atoms with Crippen molar-refractivity contribution in [3.63, 3.8) is 0 Å². The molecule has 0 radical (unpaired) electrons. The molecule has 3 heterocycles. The SMILES string of the molecule is Cc1nn(CC(=O)N2CC[C@@H](Oc3ccncc3)C2)c(=O)o1. The molecule has 3 rings (SSSR count). The zero-order valence-electron chi connectivity index (χ0n) is 12.1. The molecule has 0 aliphatic carbocycles. The monoisotopic (exact) mass is 304 g/mol. The van der Waals surface area contributed by atoms with Crippen LogP contribution in [0.1, 0.15) is 12.3 Å². The molecule has 1 atom stereocenters. The topological polar surface area (TPSA) is 90.5 Å². The maximum Gasteiger partial charge on any atom is 0.437 e. The van der Waals surface area contributed by atoms with Crippen molar-refractivity contribution >= 4 is 5.91 Å². The van der Waals surface area contributed by atoms with Crippen LogP contribution in [0.2, 0.25) is 0 Å². The van der Waals surface area contributed by atoms with Gasteiger partial charge in [-0.1, -0.05) is 0 Å². The van der Waals surface area contributed by atoms with Crippen LogP contribution in [0.3, 0.4) is 0 Å². The third kappa shape index (κ3) is 3.16. The van der Waals surface area contributed by atoms with Crippen LogP contribution in [-0.4, -0.2) is 44.8 Å². The number of aromatic nitrogens is 3. The Morgan fingerprint density at radius 3 is 2.91 bits per heavy atom. The Balaban J connectivity index is 1.57. The molecule has 0 N–H and O–H groups in total. The molecule has 2 aromatic heterocycles. The minimum Gasteiger partial charge on any atom is -0.488 e. The van der Waals surface area contributed by atoms with Crippen LogP contribution < -0.4 is 10.5 Å². The molecule has 8 nitrogen and oxygen atoms in total. The van der Waals surface area contributed by atoms with Gasteiger partial charge in [-0.3, -0.25) is 9.78 Å². The number of hydrogen-bond donors (Lipinski definition) is 0. The second kappa shape index (κ2) is 6.00. The number of carbonyl (C=O) groups is 1. The number of aryl methyl sites for hydroxylation is 1. The lowest BCUT2D eigenvalue weighted by atomic mass is 10.3. The Labute approximate surface area is 126 Å². The van der Waals surface area contributed by atoms with E-state index in [4.69, 9.17) is 9.15 Å². The molecule has 0 saturated carbocycles. The summed E-state index contributed by atoms with van der Waals surface area (Å²) < 4.78 is 11.6. The molecule has 0 unspecified atom stereocenters. The van der Waals surface area contributed by atoms with Crippen molar-refractivity contribution in [3.8, 4) is 5.75 Å². The van der Waals surface area contributed by atoms with Crippen molar-refractivity contribution in [2.45, 2.75) is 26.0 Å². The van der Waals surface area contributed by atoms with Gasteiger partial charge in [-0.25, -0.2) is 4.79 Å². The van der Waals surface area contributed by atoms with Crippen molar-refractivity contribution in [1.29, 1.82) is 0 Å². The minimum atomic E-state index is -0.616. The molecular formula is C14H16N4O4. The van der Waals surface area contributed by atoms with Crippen molar-refractivity contribution in [1.82, 2.24) is 19.7 Å². The molecule has 8 heteroatoms. The van der Waals surface area contributed by atoms with Crippen molar-refractivity contribution in [3.05, 3.63) is 41.0 Å². The molecule has 1 aliphatic rings. The average molecular weight is 304 g/mol. The van der Waals surface area contributed by atoms with E-state index in [2.05, 4.69) is 10.1 Å². The second-order valence-corrected chi connectivity index (χ2v) is 5.10. The third-order valence-electron chi connectivity index (χ3n) is 3.44. The number of likely N-dealkylation sites (tertiary alicyclic amines) is 1. The number of carbonyl (C=O) groups excluding carboxylic acids is 1. The Morgan fingerprint density at radius 2 is 2.23 bits per heavy atom. The van der Waals surface area contributed by atoms with Gasteiger partial charge in [0.2, 0.25) is 11.8 Å². The highest BCUT2D eigenvalue weighted by molar-refractivity contribution is 5.76. The van der Waals surface area contributed by atoms with Gasteiger partial charge in [0.05, 0.1) is 6.54 Å². The van der Waals surface area contributed by atoms with Gasteiger partial charge in [0, 0.05) is 32.3 Å². The van der Waals surface area contributed by atoms with E-state index < -0.39 is 5.76 Å². The Kier molecular flexibility index (Phi) is 3.90. The number of rotatable bonds is 4. The summed E-state index contributed by atoms with van der Waals surface area (Å²) in [5.74, 6) is 0.196. The molecular weight excluding hydrogens is 288 g/mol. The van der Waals surface area contributed by atoms with Crippen LogP contribution in [0.15, 0.2) is 33.7 Å². The van der Waals surface area contributed by atoms with Gasteiger partial charge >= 0.3 is 5.76 Å². The quantitative estimate of drug-likeness (QED) is 0.802. The van der Waals surface area contributed by atoms with E-state index in [1.54, 1.807) is 36.4 Å². The van der Waals surface area contributed by atoms with Crippen molar-refractivity contribution in [2.75, 3.05) is 13.1 Å². The molecule has 1 fully saturated rings. The summed E-state index contributed by atoms with van der Waals surface area (Å²) in [5, 5.41) is 3.86. The van der Waals surface area contributed by atoms with Gasteiger partial charge in [-0.05, 0) is 12.1 Å². The number of amides is 1. The van der Waals surface area contributed by atoms with E-state index in [1.807, 2.05) is 0 Å². The molecule has 0 aromatic carbocycles. The normalized spacial score (nSPS) is 17.7. The van der Waals surface area contributed by atoms with E-state index in [9.17, 15) is 9.59 Å². The molecule has 2 aromatic rings. The molecule has 0 spiro atoms. The van der Waals surface area contributed by atoms with E-state index in [0.29, 0.717) is 13.1 Å². The van der Waals surface area contributed by atoms with Crippen molar-refractivity contribution in [2.24, 2.45) is 0 Å². The van der Waals surface area contributed by atoms with Crippen molar-refractivity contribution < 1.29 is 13.9 Å². The highest BCUT2D eigenvalue weighted by Gasteiger charge is 2.28. The predicted molar refractivity (Wildman–Crippen MR) is 75.4 cm³/mol. The van der Waals surface area contributed by atoms with Crippen LogP contribution in [0.4, 0.5) is 0 Å². The lowest BCUT2D eigenvalue weighted by molar-refractivity contribution is -0.131. The van der Waals surface area contributed by atoms with E-state index >= 15 is 0 Å². The predicted octanol–water partition coefficient (Wildman–Crippen LogP) is 0.220. The molecule has 0 bridgehead atoms. The summed E-state index contributed by atoms with van der Waals surface area (Å²) in [6, 6.07) is 3.56. The first kappa shape index (κ1) is 14.3. The highest BCUT2D eigenvalue weighted by atomic mass is 16.5. The number of nitrogens with zero attached hydrogens (tertiary/aromatic N) is 4. The van der Waals surface area contributed by atoms with Crippen LogP contribution in [0, 0.1) is 6.92 Å². The molecule has 116 valence electrons. The summed E-state index contributed by atoms with van der Waals surface area (Å²) in [6.45, 7) is 2.54. The lowest BCUT2D eigenvalue weighted by Crippen LogP contribution is -2.35. The van der Waals surface area contributed by atoms with E-state index in [1.165, 1.54) is 0 Å². The van der Waals surface area contributed by atoms with Gasteiger partial charge in [0.25, 0.3) is 0 Å². The average Bonchev–Trinajstić information content (AvgIpc) is 3.07. The maximum atomic E-state index is 12.2. The smallest absolute Gasteiger partial charge is 0.437 e. The first-order chi connectivity index (χ1) is 10.6. The lowest BCUT2D eigenvalue weighted by Gasteiger charge is -2.16. The Morgan fingerprint density at radius 1 is 1.45 bits per heavy atom. The minimum absolute atomic E-state index is 0.0536. The zero-order chi connectivity index (χ0) is 15.5.